The molecular weight excluding hydrogens is 476 g/mol. The summed E-state index contributed by atoms with van der Waals surface area (Å²) >= 11 is 1.31. The molecule has 1 atom stereocenters. The summed E-state index contributed by atoms with van der Waals surface area (Å²) in [5.74, 6) is -2.12. The van der Waals surface area contributed by atoms with Gasteiger partial charge in [0.2, 0.25) is 11.8 Å². The number of hydrogen-bond donors (Lipinski definition) is 2. The Bertz CT molecular complexity index is 1330. The Hall–Kier alpha value is -3.59. The molecule has 36 heavy (non-hydrogen) atoms. The Labute approximate surface area is 214 Å². The van der Waals surface area contributed by atoms with Gasteiger partial charge in [0.05, 0.1) is 16.8 Å². The molecule has 1 heterocycles. The molecule has 4 rings (SSSR count). The van der Waals surface area contributed by atoms with Crippen LogP contribution in [0.2, 0.25) is 0 Å². The Morgan fingerprint density at radius 1 is 1.11 bits per heavy atom. The molecule has 2 N–H and O–H groups in total. The van der Waals surface area contributed by atoms with Gasteiger partial charge in [0.25, 0.3) is 5.91 Å². The van der Waals surface area contributed by atoms with Gasteiger partial charge in [0.1, 0.15) is 10.9 Å². The summed E-state index contributed by atoms with van der Waals surface area (Å²) in [5, 5.41) is 5.85. The third kappa shape index (κ3) is 5.62. The molecule has 188 valence electrons. The van der Waals surface area contributed by atoms with Crippen molar-refractivity contribution in [2.24, 2.45) is 0 Å². The summed E-state index contributed by atoms with van der Waals surface area (Å²) < 4.78 is 0.854. The highest BCUT2D eigenvalue weighted by molar-refractivity contribution is 7.18. The third-order valence-corrected chi connectivity index (χ3v) is 7.23. The predicted molar refractivity (Wildman–Crippen MR) is 140 cm³/mol. The molecule has 0 spiro atoms. The van der Waals surface area contributed by atoms with Gasteiger partial charge in [-0.15, -0.1) is 11.3 Å². The number of aryl methyl sites for hydroxylation is 1. The summed E-state index contributed by atoms with van der Waals surface area (Å²) in [6, 6.07) is 11.6. The summed E-state index contributed by atoms with van der Waals surface area (Å²) in [4.78, 5) is 56.0. The second-order valence-corrected chi connectivity index (χ2v) is 10.3. The van der Waals surface area contributed by atoms with Crippen molar-refractivity contribution in [1.29, 1.82) is 0 Å². The standard InChI is InChI=1S/C27H30N4O4S/c1-5-21(32)24(25(34)28-14-23(33)29-18-10-11-18)26-30-20-12-15(2)19(13-22(20)36-26)16-6-8-17(9-7-16)27(35)31(3)4/h6-9,12-13,18,24H,5,10-11,14H2,1-4H3,(H,28,34)(H,29,33). The summed E-state index contributed by atoms with van der Waals surface area (Å²) in [7, 11) is 3.44. The van der Waals surface area contributed by atoms with Crippen molar-refractivity contribution >= 4 is 45.1 Å². The molecule has 3 amide bonds. The van der Waals surface area contributed by atoms with Gasteiger partial charge >= 0.3 is 0 Å². The van der Waals surface area contributed by atoms with Crippen molar-refractivity contribution in [1.82, 2.24) is 20.5 Å². The molecule has 1 saturated carbocycles. The van der Waals surface area contributed by atoms with E-state index in [0.29, 0.717) is 16.1 Å². The number of thiazole rings is 1. The zero-order chi connectivity index (χ0) is 26.0. The molecule has 1 fully saturated rings. The number of ketones is 1. The molecule has 1 aliphatic rings. The number of hydrogen-bond acceptors (Lipinski definition) is 6. The first-order valence-electron chi connectivity index (χ1n) is 12.0. The van der Waals surface area contributed by atoms with E-state index in [0.717, 1.165) is 34.2 Å². The topological polar surface area (TPSA) is 108 Å². The van der Waals surface area contributed by atoms with Gasteiger partial charge in [-0.2, -0.15) is 0 Å². The average Bonchev–Trinajstić information content (AvgIpc) is 3.58. The van der Waals surface area contributed by atoms with Gasteiger partial charge < -0.3 is 15.5 Å². The van der Waals surface area contributed by atoms with Gasteiger partial charge in [-0.1, -0.05) is 19.1 Å². The predicted octanol–water partition coefficient (Wildman–Crippen LogP) is 3.43. The van der Waals surface area contributed by atoms with Crippen LogP contribution in [0.1, 0.15) is 53.0 Å². The van der Waals surface area contributed by atoms with Crippen molar-refractivity contribution in [2.75, 3.05) is 20.6 Å². The average molecular weight is 507 g/mol. The van der Waals surface area contributed by atoms with Crippen LogP contribution >= 0.6 is 11.3 Å². The SMILES string of the molecule is CCC(=O)C(C(=O)NCC(=O)NC1CC1)c1nc2cc(C)c(-c3ccc(C(=O)N(C)C)cc3)cc2s1. The number of amides is 3. The van der Waals surface area contributed by atoms with E-state index in [-0.39, 0.29) is 36.6 Å². The highest BCUT2D eigenvalue weighted by Gasteiger charge is 2.31. The Kier molecular flexibility index (Phi) is 7.49. The molecule has 2 aromatic carbocycles. The summed E-state index contributed by atoms with van der Waals surface area (Å²) in [6.07, 6.45) is 2.11. The molecule has 1 aromatic heterocycles. The number of nitrogens with zero attached hydrogens (tertiary/aromatic N) is 2. The molecule has 3 aromatic rings. The molecule has 0 bridgehead atoms. The largest absolute Gasteiger partial charge is 0.352 e. The monoisotopic (exact) mass is 506 g/mol. The lowest BCUT2D eigenvalue weighted by atomic mass is 9.99. The lowest BCUT2D eigenvalue weighted by Gasteiger charge is -2.12. The van der Waals surface area contributed by atoms with E-state index < -0.39 is 11.8 Å². The quantitative estimate of drug-likeness (QED) is 0.432. The minimum Gasteiger partial charge on any atom is -0.352 e. The maximum Gasteiger partial charge on any atom is 0.253 e. The van der Waals surface area contributed by atoms with Crippen LogP contribution < -0.4 is 10.6 Å². The van der Waals surface area contributed by atoms with E-state index in [4.69, 9.17) is 0 Å². The number of Topliss-reactive ketones (excluding diaryl/α,β-unsaturated/α-hetero) is 1. The van der Waals surface area contributed by atoms with E-state index in [1.54, 1.807) is 33.2 Å². The zero-order valence-corrected chi connectivity index (χ0v) is 21.7. The van der Waals surface area contributed by atoms with Crippen molar-refractivity contribution in [3.05, 3.63) is 52.5 Å². The first kappa shape index (κ1) is 25.5. The number of carbonyl (C=O) groups excluding carboxylic acids is 4. The first-order chi connectivity index (χ1) is 17.2. The van der Waals surface area contributed by atoms with Crippen molar-refractivity contribution in [3.8, 4) is 11.1 Å². The number of fused-ring (bicyclic) bond motifs is 1. The lowest BCUT2D eigenvalue weighted by molar-refractivity contribution is -0.132. The van der Waals surface area contributed by atoms with Crippen LogP contribution in [0.25, 0.3) is 21.3 Å². The molecule has 1 aliphatic carbocycles. The Balaban J connectivity index is 1.59. The number of benzene rings is 2. The van der Waals surface area contributed by atoms with Crippen LogP contribution in [-0.4, -0.2) is 60.1 Å². The molecule has 0 saturated heterocycles. The lowest BCUT2D eigenvalue weighted by Crippen LogP contribution is -2.41. The van der Waals surface area contributed by atoms with Crippen molar-refractivity contribution in [3.63, 3.8) is 0 Å². The van der Waals surface area contributed by atoms with Crippen LogP contribution in [-0.2, 0) is 14.4 Å². The van der Waals surface area contributed by atoms with E-state index in [2.05, 4.69) is 15.6 Å². The summed E-state index contributed by atoms with van der Waals surface area (Å²) in [5.41, 5.74) is 4.26. The number of rotatable bonds is 9. The molecule has 0 radical (unpaired) electrons. The summed E-state index contributed by atoms with van der Waals surface area (Å²) in [6.45, 7) is 3.53. The highest BCUT2D eigenvalue weighted by Crippen LogP contribution is 2.34. The number of carbonyl (C=O) groups is 4. The fourth-order valence-corrected chi connectivity index (χ4v) is 5.07. The van der Waals surface area contributed by atoms with Crippen molar-refractivity contribution in [2.45, 2.75) is 45.1 Å². The van der Waals surface area contributed by atoms with Gasteiger partial charge in [0, 0.05) is 32.1 Å². The minimum absolute atomic E-state index is 0.0595. The zero-order valence-electron chi connectivity index (χ0n) is 20.9. The molecule has 9 heteroatoms. The second kappa shape index (κ2) is 10.6. The fourth-order valence-electron chi connectivity index (χ4n) is 3.96. The van der Waals surface area contributed by atoms with E-state index in [1.807, 2.05) is 31.2 Å². The maximum atomic E-state index is 12.9. The smallest absolute Gasteiger partial charge is 0.253 e. The van der Waals surface area contributed by atoms with Crippen LogP contribution in [0.15, 0.2) is 36.4 Å². The van der Waals surface area contributed by atoms with Crippen LogP contribution in [0.3, 0.4) is 0 Å². The highest BCUT2D eigenvalue weighted by atomic mass is 32.1. The number of aromatic nitrogens is 1. The van der Waals surface area contributed by atoms with Crippen LogP contribution in [0.4, 0.5) is 0 Å². The minimum atomic E-state index is -1.05. The second-order valence-electron chi connectivity index (χ2n) is 9.28. The van der Waals surface area contributed by atoms with Gasteiger partial charge in [-0.25, -0.2) is 4.98 Å². The van der Waals surface area contributed by atoms with Crippen LogP contribution in [0, 0.1) is 6.92 Å². The molecular formula is C27H30N4O4S. The maximum absolute atomic E-state index is 12.9. The van der Waals surface area contributed by atoms with Gasteiger partial charge in [0.15, 0.2) is 5.78 Å². The van der Waals surface area contributed by atoms with Gasteiger partial charge in [-0.3, -0.25) is 19.2 Å². The van der Waals surface area contributed by atoms with Crippen LogP contribution in [0.5, 0.6) is 0 Å². The molecule has 0 aliphatic heterocycles. The Morgan fingerprint density at radius 3 is 2.42 bits per heavy atom. The molecule has 8 nitrogen and oxygen atoms in total. The van der Waals surface area contributed by atoms with E-state index in [1.165, 1.54) is 16.2 Å². The fraction of sp³-hybridized carbons (Fsp3) is 0.370. The number of nitrogens with one attached hydrogen (secondary N) is 2. The van der Waals surface area contributed by atoms with Gasteiger partial charge in [-0.05, 0) is 60.7 Å². The van der Waals surface area contributed by atoms with E-state index in [9.17, 15) is 19.2 Å². The van der Waals surface area contributed by atoms with E-state index >= 15 is 0 Å². The molecule has 1 unspecified atom stereocenters. The van der Waals surface area contributed by atoms with Crippen molar-refractivity contribution < 1.29 is 19.2 Å². The first-order valence-corrected chi connectivity index (χ1v) is 12.8. The Morgan fingerprint density at radius 2 is 1.81 bits per heavy atom. The third-order valence-electron chi connectivity index (χ3n) is 6.15. The normalized spacial score (nSPS) is 13.8.